The molecule has 500 valence electrons. The van der Waals surface area contributed by atoms with Gasteiger partial charge < -0.3 is 18.3 Å². The molecule has 16 aromatic carbocycles. The first-order chi connectivity index (χ1) is 52.1. The van der Waals surface area contributed by atoms with Crippen LogP contribution in [0.2, 0.25) is 0 Å². The summed E-state index contributed by atoms with van der Waals surface area (Å²) in [4.78, 5) is 0. The minimum absolute atomic E-state index is 0.0133. The van der Waals surface area contributed by atoms with E-state index in [0.29, 0.717) is 0 Å². The van der Waals surface area contributed by atoms with Crippen LogP contribution in [0.4, 0.5) is 0 Å². The van der Waals surface area contributed by atoms with Gasteiger partial charge in [0.1, 0.15) is 0 Å². The lowest BCUT2D eigenvalue weighted by atomic mass is 9.82. The third-order valence-corrected chi connectivity index (χ3v) is 23.5. The number of rotatable bonds is 8. The Morgan fingerprint density at radius 3 is 0.821 bits per heavy atom. The summed E-state index contributed by atoms with van der Waals surface area (Å²) in [6.45, 7) is 9.38. The van der Waals surface area contributed by atoms with Gasteiger partial charge in [-0.05, 0) is 210 Å². The van der Waals surface area contributed by atoms with Gasteiger partial charge in [-0.25, -0.2) is 0 Å². The fraction of sp³-hybridized carbons (Fsp3) is 0.0588. The van der Waals surface area contributed by atoms with Crippen LogP contribution in [0.15, 0.2) is 364 Å². The third kappa shape index (κ3) is 9.40. The zero-order chi connectivity index (χ0) is 70.5. The highest BCUT2D eigenvalue weighted by Crippen LogP contribution is 2.52. The van der Waals surface area contributed by atoms with Crippen LogP contribution in [0.1, 0.15) is 49.9 Å². The highest BCUT2D eigenvalue weighted by Gasteiger charge is 2.37. The first kappa shape index (κ1) is 61.4. The molecule has 20 aromatic rings. The second-order valence-electron chi connectivity index (χ2n) is 30.0. The van der Waals surface area contributed by atoms with Crippen LogP contribution >= 0.6 is 0 Å². The van der Waals surface area contributed by atoms with E-state index in [1.54, 1.807) is 0 Å². The van der Waals surface area contributed by atoms with Crippen molar-refractivity contribution in [2.45, 2.75) is 38.5 Å². The van der Waals surface area contributed by atoms with Crippen molar-refractivity contribution in [1.29, 1.82) is 0 Å². The van der Waals surface area contributed by atoms with Gasteiger partial charge in [-0.1, -0.05) is 270 Å². The highest BCUT2D eigenvalue weighted by molar-refractivity contribution is 6.15. The summed E-state index contributed by atoms with van der Waals surface area (Å²) in [6.07, 6.45) is 0. The van der Waals surface area contributed by atoms with E-state index >= 15 is 0 Å². The zero-order valence-corrected chi connectivity index (χ0v) is 59.4. The Hall–Kier alpha value is -13.3. The first-order valence-corrected chi connectivity index (χ1v) is 37.0. The molecule has 0 atom stereocenters. The highest BCUT2D eigenvalue weighted by atomic mass is 15.0. The molecule has 106 heavy (non-hydrogen) atoms. The van der Waals surface area contributed by atoms with Crippen molar-refractivity contribution in [2.24, 2.45) is 0 Å². The molecule has 22 rings (SSSR count). The molecule has 4 heteroatoms. The van der Waals surface area contributed by atoms with Crippen molar-refractivity contribution in [3.05, 3.63) is 386 Å². The van der Waals surface area contributed by atoms with Gasteiger partial charge in [-0.15, -0.1) is 0 Å². The lowest BCUT2D eigenvalue weighted by Gasteiger charge is -2.21. The molecule has 0 radical (unpaired) electrons. The number of fused-ring (bicyclic) bond motifs is 18. The molecule has 4 nitrogen and oxygen atoms in total. The molecule has 0 bridgehead atoms. The summed E-state index contributed by atoms with van der Waals surface area (Å²) in [5.74, 6) is 0. The van der Waals surface area contributed by atoms with Crippen LogP contribution in [0.3, 0.4) is 0 Å². The Labute approximate surface area is 615 Å². The SMILES string of the molecule is CC1(C)c2ccccc2-c2cc(-n3c4ccccc4c4cc(-c5ccc6c(c5)c5ccccc5n6-c5ccc(-c6ccccc6)cc5)ccc43)ccc21.CC1(C)c2ccccc2-c2cc(-n3c4ccccc4c4cc(-c5ccc6c(c5)c5ccccc5n6-c5cccc(-c6ccccc6)c5)ccc43)ccc21. The van der Waals surface area contributed by atoms with Crippen molar-refractivity contribution in [1.82, 2.24) is 18.3 Å². The Balaban J connectivity index is 0.000000136. The van der Waals surface area contributed by atoms with Crippen LogP contribution in [0.25, 0.3) is 177 Å². The number of hydrogen-bond acceptors (Lipinski definition) is 0. The molecule has 4 aromatic heterocycles. The molecular weight excluding hydrogens is 1280 g/mol. The van der Waals surface area contributed by atoms with E-state index in [-0.39, 0.29) is 10.8 Å². The fourth-order valence-electron chi connectivity index (χ4n) is 18.3. The van der Waals surface area contributed by atoms with Crippen molar-refractivity contribution in [3.8, 4) is 89.5 Å². The maximum atomic E-state index is 2.45. The molecule has 0 saturated carbocycles. The predicted octanol–water partition coefficient (Wildman–Crippen LogP) is 27.0. The van der Waals surface area contributed by atoms with Crippen LogP contribution in [0, 0.1) is 0 Å². The smallest absolute Gasteiger partial charge is 0.0541 e. The van der Waals surface area contributed by atoms with Gasteiger partial charge in [0.15, 0.2) is 0 Å². The van der Waals surface area contributed by atoms with E-state index in [4.69, 9.17) is 0 Å². The molecule has 2 aliphatic rings. The van der Waals surface area contributed by atoms with Crippen LogP contribution in [0.5, 0.6) is 0 Å². The van der Waals surface area contributed by atoms with Gasteiger partial charge >= 0.3 is 0 Å². The van der Waals surface area contributed by atoms with Gasteiger partial charge in [0.25, 0.3) is 0 Å². The predicted molar refractivity (Wildman–Crippen MR) is 447 cm³/mol. The standard InChI is InChI=1S/2C51H36N2/c1-51(2)45-20-9-6-17-39(45)42-32-38(25-26-46(42)51)53-48-22-11-8-19-41(48)44-31-36(24-28-50(44)53)35-23-27-49-43(30-35)40-18-7-10-21-47(40)52(49)37-16-12-15-34(29-37)33-13-4-3-5-14-33;1-51(2)45-17-9-6-14-39(45)42-32-38(26-27-46(42)51)53-48-19-11-8-16-41(48)44-31-36(23-29-50(44)53)35-22-28-49-43(30-35)40-15-7-10-18-47(40)52(49)37-24-20-34(21-25-37)33-12-4-3-5-13-33/h2*3-32H,1-2H3. The number of benzene rings is 16. The number of hydrogen-bond donors (Lipinski definition) is 0. The summed E-state index contributed by atoms with van der Waals surface area (Å²) < 4.78 is 9.70. The van der Waals surface area contributed by atoms with E-state index in [1.165, 1.54) is 188 Å². The van der Waals surface area contributed by atoms with Crippen molar-refractivity contribution < 1.29 is 0 Å². The lowest BCUT2D eigenvalue weighted by Crippen LogP contribution is -2.14. The maximum Gasteiger partial charge on any atom is 0.0541 e. The largest absolute Gasteiger partial charge is 0.309 e. The second-order valence-corrected chi connectivity index (χ2v) is 30.0. The normalized spacial score (nSPS) is 13.2. The topological polar surface area (TPSA) is 19.7 Å². The summed E-state index contributed by atoms with van der Waals surface area (Å²) >= 11 is 0. The van der Waals surface area contributed by atoms with Crippen LogP contribution in [-0.2, 0) is 10.8 Å². The molecule has 0 unspecified atom stereocenters. The lowest BCUT2D eigenvalue weighted by molar-refractivity contribution is 0.660. The van der Waals surface area contributed by atoms with E-state index < -0.39 is 0 Å². The minimum atomic E-state index is -0.0141. The molecule has 4 heterocycles. The summed E-state index contributed by atoms with van der Waals surface area (Å²) in [5.41, 5.74) is 35.1. The average molecular weight is 1350 g/mol. The Morgan fingerprint density at radius 2 is 0.425 bits per heavy atom. The molecule has 0 spiro atoms. The van der Waals surface area contributed by atoms with Crippen LogP contribution < -0.4 is 0 Å². The van der Waals surface area contributed by atoms with E-state index in [2.05, 4.69) is 410 Å². The minimum Gasteiger partial charge on any atom is -0.309 e. The van der Waals surface area contributed by atoms with E-state index in [0.717, 1.165) is 11.4 Å². The zero-order valence-electron chi connectivity index (χ0n) is 59.4. The Bertz CT molecular complexity index is 6990. The Kier molecular flexibility index (Phi) is 13.7. The van der Waals surface area contributed by atoms with E-state index in [1.807, 2.05) is 0 Å². The molecule has 0 amide bonds. The molecule has 0 N–H and O–H groups in total. The Morgan fingerprint density at radius 1 is 0.160 bits per heavy atom. The van der Waals surface area contributed by atoms with Gasteiger partial charge in [0.2, 0.25) is 0 Å². The second kappa shape index (κ2) is 23.6. The summed E-state index contributed by atoms with van der Waals surface area (Å²) in [7, 11) is 0. The number of aromatic nitrogens is 4. The first-order valence-electron chi connectivity index (χ1n) is 37.0. The van der Waals surface area contributed by atoms with Crippen molar-refractivity contribution in [3.63, 3.8) is 0 Å². The van der Waals surface area contributed by atoms with Gasteiger partial charge in [-0.2, -0.15) is 0 Å². The van der Waals surface area contributed by atoms with Crippen molar-refractivity contribution in [2.75, 3.05) is 0 Å². The van der Waals surface area contributed by atoms with Gasteiger partial charge in [-0.3, -0.25) is 0 Å². The maximum absolute atomic E-state index is 2.45. The molecule has 2 aliphatic carbocycles. The van der Waals surface area contributed by atoms with Crippen LogP contribution in [-0.4, -0.2) is 18.3 Å². The molecule has 0 fully saturated rings. The number of para-hydroxylation sites is 4. The monoisotopic (exact) mass is 1350 g/mol. The summed E-state index contributed by atoms with van der Waals surface area (Å²) in [6, 6.07) is 134. The molecule has 0 aliphatic heterocycles. The fourth-order valence-corrected chi connectivity index (χ4v) is 18.3. The molecule has 0 saturated heterocycles. The quantitative estimate of drug-likeness (QED) is 0.144. The molecular formula is C102H72N4. The third-order valence-electron chi connectivity index (χ3n) is 23.5. The van der Waals surface area contributed by atoms with Crippen molar-refractivity contribution >= 4 is 87.2 Å². The summed E-state index contributed by atoms with van der Waals surface area (Å²) in [5, 5.41) is 10.1. The average Bonchev–Trinajstić information content (AvgIpc) is 1.57. The van der Waals surface area contributed by atoms with E-state index in [9.17, 15) is 0 Å². The van der Waals surface area contributed by atoms with Gasteiger partial charge in [0.05, 0.1) is 44.1 Å². The van der Waals surface area contributed by atoms with Gasteiger partial charge in [0, 0.05) is 76.7 Å². The number of nitrogens with zero attached hydrogens (tertiary/aromatic N) is 4.